The Morgan fingerprint density at radius 3 is 2.65 bits per heavy atom. The van der Waals surface area contributed by atoms with Gasteiger partial charge in [0.25, 0.3) is 0 Å². The van der Waals surface area contributed by atoms with Gasteiger partial charge in [0.1, 0.15) is 0 Å². The maximum Gasteiger partial charge on any atom is 0.227 e. The van der Waals surface area contributed by atoms with E-state index in [2.05, 4.69) is 4.98 Å². The molecule has 0 spiro atoms. The Bertz CT molecular complexity index is 843. The number of hydrogen-bond donors (Lipinski definition) is 0. The molecular weight excluding hydrogens is 324 g/mol. The molecule has 4 nitrogen and oxygen atoms in total. The summed E-state index contributed by atoms with van der Waals surface area (Å²) in [6.07, 6.45) is 5.12. The fourth-order valence-corrected chi connectivity index (χ4v) is 4.07. The summed E-state index contributed by atoms with van der Waals surface area (Å²) in [4.78, 5) is 31.8. The first-order valence-corrected chi connectivity index (χ1v) is 9.25. The lowest BCUT2D eigenvalue weighted by molar-refractivity contribution is -0.132. The lowest BCUT2D eigenvalue weighted by Gasteiger charge is -2.24. The molecule has 2 aromatic rings. The van der Waals surface area contributed by atoms with Crippen molar-refractivity contribution in [3.8, 4) is 0 Å². The maximum absolute atomic E-state index is 13.0. The van der Waals surface area contributed by atoms with E-state index < -0.39 is 0 Å². The average molecular weight is 346 g/mol. The first-order valence-electron chi connectivity index (χ1n) is 9.25. The first-order chi connectivity index (χ1) is 12.7. The molecule has 0 saturated carbocycles. The number of benzene rings is 1. The Hall–Kier alpha value is -2.75. The molecule has 4 heteroatoms. The van der Waals surface area contributed by atoms with E-state index in [-0.39, 0.29) is 24.2 Å². The number of carbonyl (C=O) groups is 2. The zero-order chi connectivity index (χ0) is 17.9. The maximum atomic E-state index is 13.0. The molecule has 4 rings (SSSR count). The van der Waals surface area contributed by atoms with Gasteiger partial charge in [-0.3, -0.25) is 14.6 Å². The van der Waals surface area contributed by atoms with Crippen LogP contribution >= 0.6 is 0 Å². The zero-order valence-corrected chi connectivity index (χ0v) is 14.7. The van der Waals surface area contributed by atoms with Gasteiger partial charge in [-0.25, -0.2) is 0 Å². The molecule has 132 valence electrons. The third-order valence-electron chi connectivity index (χ3n) is 5.36. The number of rotatable bonds is 4. The second-order valence-electron chi connectivity index (χ2n) is 6.92. The Morgan fingerprint density at radius 2 is 1.88 bits per heavy atom. The van der Waals surface area contributed by atoms with Crippen LogP contribution in [0.3, 0.4) is 0 Å². The highest BCUT2D eigenvalue weighted by Crippen LogP contribution is 2.36. The van der Waals surface area contributed by atoms with Crippen LogP contribution in [-0.2, 0) is 9.59 Å². The molecule has 1 aromatic heterocycles. The van der Waals surface area contributed by atoms with Crippen molar-refractivity contribution in [3.05, 3.63) is 71.6 Å². The van der Waals surface area contributed by atoms with Crippen molar-refractivity contribution in [3.63, 3.8) is 0 Å². The lowest BCUT2D eigenvalue weighted by atomic mass is 9.99. The summed E-state index contributed by atoms with van der Waals surface area (Å²) in [5.74, 6) is 0.155. The predicted octanol–water partition coefficient (Wildman–Crippen LogP) is 3.95. The van der Waals surface area contributed by atoms with Crippen molar-refractivity contribution in [2.24, 2.45) is 0 Å². The van der Waals surface area contributed by atoms with Crippen molar-refractivity contribution < 1.29 is 9.59 Å². The molecule has 1 aliphatic heterocycles. The number of amides is 1. The molecule has 26 heavy (non-hydrogen) atoms. The van der Waals surface area contributed by atoms with E-state index in [1.807, 2.05) is 53.4 Å². The first kappa shape index (κ1) is 16.7. The number of aromatic nitrogens is 1. The van der Waals surface area contributed by atoms with Crippen molar-refractivity contribution >= 4 is 17.3 Å². The normalized spacial score (nSPS) is 20.1. The summed E-state index contributed by atoms with van der Waals surface area (Å²) in [7, 11) is 0. The standard InChI is InChI=1S/C22H22N2O2/c25-21-12-11-17(16-7-2-1-3-8-16)18(21)15-22(26)24-14-6-10-20(24)19-9-4-5-13-23-19/h1-5,7-9,13,20H,6,10-12,14-15H2/t20-/m0/s1. The summed E-state index contributed by atoms with van der Waals surface area (Å²) >= 11 is 0. The van der Waals surface area contributed by atoms with Crippen LogP contribution in [0.1, 0.15) is 49.4 Å². The van der Waals surface area contributed by atoms with Gasteiger partial charge in [-0.15, -0.1) is 0 Å². The SMILES string of the molecule is O=C1CCC(c2ccccc2)=C1CC(=O)N1CCC[C@H]1c1ccccn1. The van der Waals surface area contributed by atoms with E-state index in [0.717, 1.165) is 42.6 Å². The van der Waals surface area contributed by atoms with Crippen LogP contribution in [0.5, 0.6) is 0 Å². The van der Waals surface area contributed by atoms with Crippen LogP contribution < -0.4 is 0 Å². The quantitative estimate of drug-likeness (QED) is 0.842. The molecule has 0 unspecified atom stereocenters. The number of hydrogen-bond acceptors (Lipinski definition) is 3. The highest BCUT2D eigenvalue weighted by molar-refractivity contribution is 6.10. The fourth-order valence-electron chi connectivity index (χ4n) is 4.07. The van der Waals surface area contributed by atoms with Gasteiger partial charge in [0.05, 0.1) is 18.2 Å². The molecule has 0 radical (unpaired) electrons. The van der Waals surface area contributed by atoms with Crippen LogP contribution in [0.4, 0.5) is 0 Å². The van der Waals surface area contributed by atoms with Gasteiger partial charge in [0.2, 0.25) is 5.91 Å². The fraction of sp³-hybridized carbons (Fsp3) is 0.318. The van der Waals surface area contributed by atoms with Crippen LogP contribution in [-0.4, -0.2) is 28.1 Å². The molecule has 2 aliphatic rings. The van der Waals surface area contributed by atoms with Crippen LogP contribution in [0.2, 0.25) is 0 Å². The molecule has 1 aromatic carbocycles. The van der Waals surface area contributed by atoms with E-state index in [1.54, 1.807) is 6.20 Å². The van der Waals surface area contributed by atoms with Crippen LogP contribution in [0, 0.1) is 0 Å². The number of allylic oxidation sites excluding steroid dienone is 1. The van der Waals surface area contributed by atoms with Gasteiger partial charge in [-0.05, 0) is 42.5 Å². The molecule has 1 atom stereocenters. The minimum Gasteiger partial charge on any atom is -0.334 e. The number of Topliss-reactive ketones (excluding diaryl/α,β-unsaturated/α-hetero) is 1. The van der Waals surface area contributed by atoms with Crippen LogP contribution in [0.25, 0.3) is 5.57 Å². The Balaban J connectivity index is 1.58. The number of carbonyl (C=O) groups excluding carboxylic acids is 2. The topological polar surface area (TPSA) is 50.3 Å². The zero-order valence-electron chi connectivity index (χ0n) is 14.7. The molecule has 1 amide bonds. The highest BCUT2D eigenvalue weighted by Gasteiger charge is 2.33. The van der Waals surface area contributed by atoms with E-state index >= 15 is 0 Å². The van der Waals surface area contributed by atoms with Crippen molar-refractivity contribution in [1.82, 2.24) is 9.88 Å². The van der Waals surface area contributed by atoms with Gasteiger partial charge in [-0.2, -0.15) is 0 Å². The Kier molecular flexibility index (Phi) is 4.65. The third kappa shape index (κ3) is 3.19. The van der Waals surface area contributed by atoms with Gasteiger partial charge >= 0.3 is 0 Å². The molecule has 0 N–H and O–H groups in total. The number of nitrogens with zero attached hydrogens (tertiary/aromatic N) is 2. The largest absolute Gasteiger partial charge is 0.334 e. The molecule has 0 bridgehead atoms. The Labute approximate surface area is 153 Å². The van der Waals surface area contributed by atoms with E-state index in [4.69, 9.17) is 0 Å². The summed E-state index contributed by atoms with van der Waals surface area (Å²) in [5, 5.41) is 0. The number of ketones is 1. The third-order valence-corrected chi connectivity index (χ3v) is 5.36. The van der Waals surface area contributed by atoms with Crippen LogP contribution in [0.15, 0.2) is 60.3 Å². The van der Waals surface area contributed by atoms with E-state index in [9.17, 15) is 9.59 Å². The molecule has 1 saturated heterocycles. The summed E-state index contributed by atoms with van der Waals surface area (Å²) < 4.78 is 0. The van der Waals surface area contributed by atoms with E-state index in [1.165, 1.54) is 0 Å². The van der Waals surface area contributed by atoms with Gasteiger partial charge in [0, 0.05) is 24.7 Å². The molecule has 1 fully saturated rings. The van der Waals surface area contributed by atoms with Crippen molar-refractivity contribution in [1.29, 1.82) is 0 Å². The van der Waals surface area contributed by atoms with Gasteiger partial charge in [0.15, 0.2) is 5.78 Å². The summed E-state index contributed by atoms with van der Waals surface area (Å²) in [6, 6.07) is 15.8. The highest BCUT2D eigenvalue weighted by atomic mass is 16.2. The Morgan fingerprint density at radius 1 is 1.08 bits per heavy atom. The lowest BCUT2D eigenvalue weighted by Crippen LogP contribution is -2.31. The number of likely N-dealkylation sites (tertiary alicyclic amines) is 1. The second-order valence-corrected chi connectivity index (χ2v) is 6.92. The second kappa shape index (κ2) is 7.24. The van der Waals surface area contributed by atoms with Crippen molar-refractivity contribution in [2.45, 2.75) is 38.1 Å². The predicted molar refractivity (Wildman–Crippen MR) is 100 cm³/mol. The van der Waals surface area contributed by atoms with Crippen molar-refractivity contribution in [2.75, 3.05) is 6.54 Å². The summed E-state index contributed by atoms with van der Waals surface area (Å²) in [5.41, 5.74) is 3.74. The molecule has 1 aliphatic carbocycles. The van der Waals surface area contributed by atoms with Gasteiger partial charge < -0.3 is 4.90 Å². The molecule has 2 heterocycles. The molecular formula is C22H22N2O2. The minimum atomic E-state index is 0.0287. The smallest absolute Gasteiger partial charge is 0.227 e. The average Bonchev–Trinajstić information content (AvgIpc) is 3.31. The van der Waals surface area contributed by atoms with Gasteiger partial charge in [-0.1, -0.05) is 36.4 Å². The number of pyridine rings is 1. The monoisotopic (exact) mass is 346 g/mol. The van der Waals surface area contributed by atoms with E-state index in [0.29, 0.717) is 12.0 Å². The minimum absolute atomic E-state index is 0.0287. The summed E-state index contributed by atoms with van der Waals surface area (Å²) in [6.45, 7) is 0.738.